The Morgan fingerprint density at radius 3 is 2.59 bits per heavy atom. The highest BCUT2D eigenvalue weighted by Crippen LogP contribution is 2.45. The second-order valence-corrected chi connectivity index (χ2v) is 8.37. The predicted octanol–water partition coefficient (Wildman–Crippen LogP) is 6.49. The smallest absolute Gasteiger partial charge is 0.235 e. The maximum atomic E-state index is 13.4. The molecular formula is C23H24Cl2N2O2. The lowest BCUT2D eigenvalue weighted by Gasteiger charge is -2.29. The van der Waals surface area contributed by atoms with Gasteiger partial charge in [0.2, 0.25) is 5.91 Å². The Morgan fingerprint density at radius 1 is 1.24 bits per heavy atom. The largest absolute Gasteiger partial charge is 0.491 e. The Kier molecular flexibility index (Phi) is 6.72. The number of nitrogens with zero attached hydrogens (tertiary/aromatic N) is 1. The van der Waals surface area contributed by atoms with E-state index >= 15 is 0 Å². The van der Waals surface area contributed by atoms with Crippen LogP contribution < -0.4 is 10.1 Å². The number of hydrogen-bond acceptors (Lipinski definition) is 3. The monoisotopic (exact) mass is 430 g/mol. The van der Waals surface area contributed by atoms with Crippen molar-refractivity contribution in [2.45, 2.75) is 57.5 Å². The number of hydrogen-bond donors (Lipinski definition) is 1. The van der Waals surface area contributed by atoms with Gasteiger partial charge in [-0.25, -0.2) is 0 Å². The number of nitriles is 1. The van der Waals surface area contributed by atoms with Crippen LogP contribution in [0.2, 0.25) is 10.0 Å². The van der Waals surface area contributed by atoms with E-state index in [4.69, 9.17) is 27.9 Å². The van der Waals surface area contributed by atoms with Crippen molar-refractivity contribution >= 4 is 34.8 Å². The molecular weight excluding hydrogens is 407 g/mol. The van der Waals surface area contributed by atoms with Crippen molar-refractivity contribution in [2.75, 3.05) is 5.32 Å². The zero-order valence-corrected chi connectivity index (χ0v) is 18.1. The molecule has 1 fully saturated rings. The average Bonchev–Trinajstić information content (AvgIpc) is 3.19. The van der Waals surface area contributed by atoms with Gasteiger partial charge in [0.15, 0.2) is 0 Å². The van der Waals surface area contributed by atoms with Crippen molar-refractivity contribution < 1.29 is 9.53 Å². The summed E-state index contributed by atoms with van der Waals surface area (Å²) in [5.41, 5.74) is 0.911. The zero-order chi connectivity index (χ0) is 21.0. The van der Waals surface area contributed by atoms with Gasteiger partial charge in [0.25, 0.3) is 0 Å². The van der Waals surface area contributed by atoms with Crippen LogP contribution in [-0.4, -0.2) is 12.0 Å². The lowest BCUT2D eigenvalue weighted by atomic mass is 9.77. The molecule has 1 aliphatic rings. The molecule has 3 rings (SSSR count). The highest BCUT2D eigenvalue weighted by atomic mass is 35.5. The van der Waals surface area contributed by atoms with Gasteiger partial charge in [0.1, 0.15) is 11.8 Å². The van der Waals surface area contributed by atoms with Crippen molar-refractivity contribution in [3.63, 3.8) is 0 Å². The minimum Gasteiger partial charge on any atom is -0.491 e. The Hall–Kier alpha value is -2.22. The first-order valence-electron chi connectivity index (χ1n) is 9.87. The maximum absolute atomic E-state index is 13.4. The van der Waals surface area contributed by atoms with Crippen LogP contribution >= 0.6 is 23.2 Å². The van der Waals surface area contributed by atoms with Crippen LogP contribution in [0.25, 0.3) is 0 Å². The fourth-order valence-corrected chi connectivity index (χ4v) is 4.42. The van der Waals surface area contributed by atoms with Crippen LogP contribution in [0, 0.1) is 11.3 Å². The molecule has 29 heavy (non-hydrogen) atoms. The number of carbonyl (C=O) groups excluding carboxylic acids is 1. The summed E-state index contributed by atoms with van der Waals surface area (Å²) < 4.78 is 5.79. The van der Waals surface area contributed by atoms with Crippen molar-refractivity contribution in [3.8, 4) is 11.8 Å². The maximum Gasteiger partial charge on any atom is 0.235 e. The van der Waals surface area contributed by atoms with Gasteiger partial charge >= 0.3 is 0 Å². The molecule has 0 saturated heterocycles. The highest BCUT2D eigenvalue weighted by molar-refractivity contribution is 6.35. The molecule has 6 heteroatoms. The summed E-state index contributed by atoms with van der Waals surface area (Å²) in [4.78, 5) is 13.4. The SMILES string of the molecule is CCC(C)Oc1ccc(NC(=O)C2(c3ccc(Cl)cc3Cl)CCCC2)c(C#N)c1. The summed E-state index contributed by atoms with van der Waals surface area (Å²) in [5, 5.41) is 13.6. The third-order valence-electron chi connectivity index (χ3n) is 5.61. The number of nitrogens with one attached hydrogen (secondary N) is 1. The van der Waals surface area contributed by atoms with E-state index in [0.29, 0.717) is 39.9 Å². The minimum absolute atomic E-state index is 0.0517. The molecule has 1 amide bonds. The van der Waals surface area contributed by atoms with E-state index < -0.39 is 5.41 Å². The Bertz CT molecular complexity index is 946. The van der Waals surface area contributed by atoms with E-state index in [0.717, 1.165) is 24.8 Å². The van der Waals surface area contributed by atoms with Gasteiger partial charge in [-0.3, -0.25) is 4.79 Å². The Labute approximate surface area is 181 Å². The van der Waals surface area contributed by atoms with Crippen LogP contribution in [-0.2, 0) is 10.2 Å². The van der Waals surface area contributed by atoms with Gasteiger partial charge in [0, 0.05) is 16.1 Å². The van der Waals surface area contributed by atoms with E-state index in [2.05, 4.69) is 11.4 Å². The third kappa shape index (κ3) is 4.52. The molecule has 4 nitrogen and oxygen atoms in total. The fraction of sp³-hybridized carbons (Fsp3) is 0.391. The summed E-state index contributed by atoms with van der Waals surface area (Å²) in [6, 6.07) is 12.6. The van der Waals surface area contributed by atoms with Crippen LogP contribution in [0.3, 0.4) is 0 Å². The number of benzene rings is 2. The van der Waals surface area contributed by atoms with Gasteiger partial charge in [-0.1, -0.05) is 49.0 Å². The van der Waals surface area contributed by atoms with E-state index in [1.54, 1.807) is 30.3 Å². The number of rotatable bonds is 6. The number of anilines is 1. The van der Waals surface area contributed by atoms with E-state index in [9.17, 15) is 10.1 Å². The molecule has 0 spiro atoms. The molecule has 1 N–H and O–H groups in total. The lowest BCUT2D eigenvalue weighted by molar-refractivity contribution is -0.121. The van der Waals surface area contributed by atoms with Gasteiger partial charge in [-0.15, -0.1) is 0 Å². The first kappa shape index (κ1) is 21.5. The molecule has 0 aromatic heterocycles. The second-order valence-electron chi connectivity index (χ2n) is 7.52. The number of carbonyl (C=O) groups is 1. The normalized spacial score (nSPS) is 16.1. The van der Waals surface area contributed by atoms with Crippen LogP contribution in [0.1, 0.15) is 57.1 Å². The quantitative estimate of drug-likeness (QED) is 0.568. The molecule has 0 radical (unpaired) electrons. The molecule has 1 aliphatic carbocycles. The zero-order valence-electron chi connectivity index (χ0n) is 16.6. The summed E-state index contributed by atoms with van der Waals surface area (Å²) >= 11 is 12.5. The van der Waals surface area contributed by atoms with Crippen molar-refractivity contribution in [1.29, 1.82) is 5.26 Å². The molecule has 0 bridgehead atoms. The standard InChI is InChI=1S/C23H24Cl2N2O2/c1-3-15(2)29-18-7-9-21(16(12-18)14-26)27-22(28)23(10-4-5-11-23)19-8-6-17(24)13-20(19)25/h6-9,12-13,15H,3-5,10-11H2,1-2H3,(H,27,28). The van der Waals surface area contributed by atoms with E-state index in [1.165, 1.54) is 0 Å². The summed E-state index contributed by atoms with van der Waals surface area (Å²) in [7, 11) is 0. The van der Waals surface area contributed by atoms with Gasteiger partial charge in [-0.2, -0.15) is 5.26 Å². The molecule has 0 heterocycles. The lowest BCUT2D eigenvalue weighted by Crippen LogP contribution is -2.38. The number of halogens is 2. The topological polar surface area (TPSA) is 62.1 Å². The molecule has 152 valence electrons. The first-order valence-corrected chi connectivity index (χ1v) is 10.6. The van der Waals surface area contributed by atoms with Crippen molar-refractivity contribution in [2.24, 2.45) is 0 Å². The van der Waals surface area contributed by atoms with E-state index in [1.807, 2.05) is 19.9 Å². The van der Waals surface area contributed by atoms with Gasteiger partial charge in [0.05, 0.1) is 22.8 Å². The van der Waals surface area contributed by atoms with E-state index in [-0.39, 0.29) is 12.0 Å². The predicted molar refractivity (Wildman–Crippen MR) is 117 cm³/mol. The third-order valence-corrected chi connectivity index (χ3v) is 6.16. The average molecular weight is 431 g/mol. The summed E-state index contributed by atoms with van der Waals surface area (Å²) in [6.45, 7) is 4.01. The number of amides is 1. The fourth-order valence-electron chi connectivity index (χ4n) is 3.83. The molecule has 0 aliphatic heterocycles. The summed E-state index contributed by atoms with van der Waals surface area (Å²) in [5.74, 6) is 0.469. The van der Waals surface area contributed by atoms with Gasteiger partial charge in [-0.05, 0) is 56.0 Å². The molecule has 1 saturated carbocycles. The molecule has 1 atom stereocenters. The van der Waals surface area contributed by atoms with Crippen LogP contribution in [0.4, 0.5) is 5.69 Å². The van der Waals surface area contributed by atoms with Crippen LogP contribution in [0.5, 0.6) is 5.75 Å². The first-order chi connectivity index (χ1) is 13.9. The Morgan fingerprint density at radius 2 is 1.97 bits per heavy atom. The number of ether oxygens (including phenoxy) is 1. The highest BCUT2D eigenvalue weighted by Gasteiger charge is 2.44. The molecule has 1 unspecified atom stereocenters. The summed E-state index contributed by atoms with van der Waals surface area (Å²) in [6.07, 6.45) is 4.22. The molecule has 2 aromatic carbocycles. The van der Waals surface area contributed by atoms with Crippen molar-refractivity contribution in [3.05, 3.63) is 57.6 Å². The van der Waals surface area contributed by atoms with Crippen molar-refractivity contribution in [1.82, 2.24) is 0 Å². The van der Waals surface area contributed by atoms with Crippen LogP contribution in [0.15, 0.2) is 36.4 Å². The minimum atomic E-state index is -0.722. The van der Waals surface area contributed by atoms with Gasteiger partial charge < -0.3 is 10.1 Å². The Balaban J connectivity index is 1.90. The second kappa shape index (κ2) is 9.07. The molecule has 2 aromatic rings.